The van der Waals surface area contributed by atoms with Crippen LogP contribution < -0.4 is 9.74 Å². The van der Waals surface area contributed by atoms with Crippen LogP contribution in [0.5, 0.6) is 5.75 Å². The number of aromatic nitrogens is 3. The summed E-state index contributed by atoms with van der Waals surface area (Å²) in [5, 5.41) is 6.58. The summed E-state index contributed by atoms with van der Waals surface area (Å²) in [6.07, 6.45) is 7.06. The van der Waals surface area contributed by atoms with Crippen LogP contribution in [0.3, 0.4) is 0 Å². The van der Waals surface area contributed by atoms with Crippen molar-refractivity contribution in [1.29, 1.82) is 0 Å². The van der Waals surface area contributed by atoms with E-state index in [1.54, 1.807) is 12.4 Å². The molecule has 0 aliphatic rings. The summed E-state index contributed by atoms with van der Waals surface area (Å²) in [5.41, 5.74) is 2.64. The Hall–Kier alpha value is -4.04. The summed E-state index contributed by atoms with van der Waals surface area (Å²) in [6.45, 7) is 11.2. The molecule has 36 heavy (non-hydrogen) atoms. The minimum absolute atomic E-state index is 0.0864. The summed E-state index contributed by atoms with van der Waals surface area (Å²) in [7, 11) is -2.02. The molecule has 0 saturated carbocycles. The Bertz CT molecular complexity index is 1570. The summed E-state index contributed by atoms with van der Waals surface area (Å²) < 4.78 is 12.8. The molecule has 7 nitrogen and oxygen atoms in total. The number of hydrogen-bond donors (Lipinski definition) is 1. The highest BCUT2D eigenvalue weighted by atomic mass is 28.4. The minimum atomic E-state index is -2.02. The zero-order valence-electron chi connectivity index (χ0n) is 21.0. The van der Waals surface area contributed by atoms with Crippen molar-refractivity contribution in [1.82, 2.24) is 15.0 Å². The molecule has 0 unspecified atom stereocenters. The minimum Gasteiger partial charge on any atom is -0.543 e. The number of pyridine rings is 1. The van der Waals surface area contributed by atoms with E-state index in [0.29, 0.717) is 29.0 Å². The first-order valence-electron chi connectivity index (χ1n) is 11.8. The molecule has 0 fully saturated rings. The third-order valence-corrected chi connectivity index (χ3v) is 11.2. The van der Waals surface area contributed by atoms with Crippen molar-refractivity contribution < 1.29 is 13.6 Å². The van der Waals surface area contributed by atoms with E-state index in [1.165, 1.54) is 12.4 Å². The zero-order valence-corrected chi connectivity index (χ0v) is 22.0. The van der Waals surface area contributed by atoms with E-state index < -0.39 is 8.32 Å². The number of carbonyl (C=O) groups excluding carboxylic acids is 1. The van der Waals surface area contributed by atoms with Crippen LogP contribution in [0, 0.1) is 0 Å². The van der Waals surface area contributed by atoms with Gasteiger partial charge in [0.1, 0.15) is 5.75 Å². The molecule has 0 atom stereocenters. The summed E-state index contributed by atoms with van der Waals surface area (Å²) >= 11 is 0. The number of anilines is 2. The van der Waals surface area contributed by atoms with Crippen molar-refractivity contribution in [2.45, 2.75) is 38.9 Å². The lowest BCUT2D eigenvalue weighted by molar-refractivity contribution is 0.112. The molecule has 0 bridgehead atoms. The molecular weight excluding hydrogens is 468 g/mol. The monoisotopic (exact) mass is 496 g/mol. The number of hydrogen-bond acceptors (Lipinski definition) is 7. The van der Waals surface area contributed by atoms with E-state index in [2.05, 4.69) is 66.3 Å². The molecule has 5 rings (SSSR count). The molecule has 0 aliphatic carbocycles. The number of furan rings is 1. The van der Waals surface area contributed by atoms with Crippen LogP contribution in [0.2, 0.25) is 18.1 Å². The van der Waals surface area contributed by atoms with Gasteiger partial charge >= 0.3 is 0 Å². The second-order valence-electron chi connectivity index (χ2n) is 10.3. The van der Waals surface area contributed by atoms with Crippen molar-refractivity contribution in [2.24, 2.45) is 0 Å². The van der Waals surface area contributed by atoms with Gasteiger partial charge in [0.05, 0.1) is 17.4 Å². The van der Waals surface area contributed by atoms with E-state index in [-0.39, 0.29) is 5.04 Å². The summed E-state index contributed by atoms with van der Waals surface area (Å²) in [4.78, 5) is 23.9. The number of nitrogens with zero attached hydrogens (tertiary/aromatic N) is 3. The van der Waals surface area contributed by atoms with E-state index in [4.69, 9.17) is 8.84 Å². The van der Waals surface area contributed by atoms with Gasteiger partial charge in [-0.2, -0.15) is 0 Å². The molecule has 3 heterocycles. The second-order valence-corrected chi connectivity index (χ2v) is 15.0. The predicted octanol–water partition coefficient (Wildman–Crippen LogP) is 7.38. The molecule has 0 amide bonds. The van der Waals surface area contributed by atoms with Gasteiger partial charge in [0.2, 0.25) is 0 Å². The lowest BCUT2D eigenvalue weighted by Gasteiger charge is -2.36. The standard InChI is InChI=1S/C28H28N4O3Si/c1-28(2,3)36(4,5)35-23-11-7-8-19-20(23)9-6-10-22(19)32-25-21-12-13-29-16-24(21)34-26(25)27-30-14-18(17-33)15-31-27/h6-17,32H,1-5H3. The molecule has 1 N–H and O–H groups in total. The van der Waals surface area contributed by atoms with Gasteiger partial charge in [-0.05, 0) is 36.3 Å². The topological polar surface area (TPSA) is 90.1 Å². The highest BCUT2D eigenvalue weighted by Gasteiger charge is 2.39. The first-order valence-corrected chi connectivity index (χ1v) is 14.7. The Labute approximate surface area is 210 Å². The molecule has 8 heteroatoms. The number of carbonyl (C=O) groups is 1. The van der Waals surface area contributed by atoms with Crippen LogP contribution in [-0.2, 0) is 0 Å². The van der Waals surface area contributed by atoms with Crippen LogP contribution >= 0.6 is 0 Å². The average molecular weight is 497 g/mol. The van der Waals surface area contributed by atoms with Crippen molar-refractivity contribution in [2.75, 3.05) is 5.32 Å². The van der Waals surface area contributed by atoms with E-state index >= 15 is 0 Å². The van der Waals surface area contributed by atoms with Crippen molar-refractivity contribution in [3.05, 3.63) is 72.8 Å². The second kappa shape index (κ2) is 8.87. The fraction of sp³-hybridized carbons (Fsp3) is 0.214. The molecule has 2 aromatic carbocycles. The average Bonchev–Trinajstić information content (AvgIpc) is 3.22. The van der Waals surface area contributed by atoms with Gasteiger partial charge in [0.15, 0.2) is 23.5 Å². The van der Waals surface area contributed by atoms with Crippen LogP contribution in [0.1, 0.15) is 31.1 Å². The highest BCUT2D eigenvalue weighted by Crippen LogP contribution is 2.42. The van der Waals surface area contributed by atoms with Gasteiger partial charge in [0, 0.05) is 40.4 Å². The Morgan fingerprint density at radius 2 is 1.67 bits per heavy atom. The quantitative estimate of drug-likeness (QED) is 0.194. The van der Waals surface area contributed by atoms with Gasteiger partial charge in [0.25, 0.3) is 8.32 Å². The maximum atomic E-state index is 11.1. The highest BCUT2D eigenvalue weighted by molar-refractivity contribution is 6.74. The Morgan fingerprint density at radius 3 is 2.39 bits per heavy atom. The molecule has 0 aliphatic heterocycles. The SMILES string of the molecule is CC(C)(C)[Si](C)(C)Oc1cccc2c(Nc3c(-c4ncc(C=O)cn4)oc4cnccc34)cccc12. The molecular formula is C28H28N4O3Si. The van der Waals surface area contributed by atoms with Crippen LogP contribution in [0.15, 0.2) is 71.7 Å². The molecule has 182 valence electrons. The first-order chi connectivity index (χ1) is 17.2. The summed E-state index contributed by atoms with van der Waals surface area (Å²) in [5.74, 6) is 1.74. The number of aldehydes is 1. The van der Waals surface area contributed by atoms with Gasteiger partial charge < -0.3 is 14.2 Å². The lowest BCUT2D eigenvalue weighted by Crippen LogP contribution is -2.43. The maximum absolute atomic E-state index is 11.1. The predicted molar refractivity (Wildman–Crippen MR) is 145 cm³/mol. The van der Waals surface area contributed by atoms with Crippen molar-refractivity contribution >= 4 is 47.7 Å². The molecule has 0 spiro atoms. The van der Waals surface area contributed by atoms with Crippen molar-refractivity contribution in [3.8, 4) is 17.3 Å². The van der Waals surface area contributed by atoms with Gasteiger partial charge in [-0.1, -0.05) is 45.0 Å². The number of fused-ring (bicyclic) bond motifs is 2. The smallest absolute Gasteiger partial charge is 0.250 e. The van der Waals surface area contributed by atoms with E-state index in [0.717, 1.165) is 33.3 Å². The Morgan fingerprint density at radius 1 is 0.944 bits per heavy atom. The third kappa shape index (κ3) is 4.24. The van der Waals surface area contributed by atoms with Gasteiger partial charge in [-0.3, -0.25) is 9.78 Å². The number of rotatable bonds is 6. The van der Waals surface area contributed by atoms with Crippen LogP contribution in [-0.4, -0.2) is 29.6 Å². The van der Waals surface area contributed by atoms with Gasteiger partial charge in [-0.25, -0.2) is 9.97 Å². The zero-order chi connectivity index (χ0) is 25.5. The molecule has 0 radical (unpaired) electrons. The fourth-order valence-electron chi connectivity index (χ4n) is 3.79. The molecule has 3 aromatic heterocycles. The number of benzene rings is 2. The molecule has 5 aromatic rings. The van der Waals surface area contributed by atoms with Crippen LogP contribution in [0.4, 0.5) is 11.4 Å². The lowest BCUT2D eigenvalue weighted by atomic mass is 10.1. The first kappa shape index (κ1) is 23.7. The Balaban J connectivity index is 1.62. The normalized spacial score (nSPS) is 12.1. The Kier molecular flexibility index (Phi) is 5.84. The number of nitrogens with one attached hydrogen (secondary N) is 1. The maximum Gasteiger partial charge on any atom is 0.250 e. The van der Waals surface area contributed by atoms with E-state index in [9.17, 15) is 4.79 Å². The fourth-order valence-corrected chi connectivity index (χ4v) is 4.82. The summed E-state index contributed by atoms with van der Waals surface area (Å²) in [6, 6.07) is 14.2. The van der Waals surface area contributed by atoms with Crippen molar-refractivity contribution in [3.63, 3.8) is 0 Å². The van der Waals surface area contributed by atoms with Crippen LogP contribution in [0.25, 0.3) is 33.3 Å². The van der Waals surface area contributed by atoms with Gasteiger partial charge in [-0.15, -0.1) is 0 Å². The largest absolute Gasteiger partial charge is 0.543 e. The van der Waals surface area contributed by atoms with E-state index in [1.807, 2.05) is 30.3 Å². The third-order valence-electron chi connectivity index (χ3n) is 6.82. The molecule has 0 saturated heterocycles.